The summed E-state index contributed by atoms with van der Waals surface area (Å²) in [5, 5.41) is 10.1. The zero-order valence-electron chi connectivity index (χ0n) is 16.4. The Morgan fingerprint density at radius 1 is 1.18 bits per heavy atom. The monoisotopic (exact) mass is 384 g/mol. The summed E-state index contributed by atoms with van der Waals surface area (Å²) in [7, 11) is 1.85. The number of carbonyl (C=O) groups is 2. The summed E-state index contributed by atoms with van der Waals surface area (Å²) in [5.74, 6) is -0.678. The van der Waals surface area contributed by atoms with Crippen LogP contribution in [0.4, 0.5) is 0 Å². The summed E-state index contributed by atoms with van der Waals surface area (Å²) in [4.78, 5) is 27.7. The number of nitrogens with zero attached hydrogens (tertiary/aromatic N) is 2. The first kappa shape index (κ1) is 19.0. The summed E-state index contributed by atoms with van der Waals surface area (Å²) >= 11 is 0. The molecule has 2 aromatic rings. The quantitative estimate of drug-likeness (QED) is 0.858. The Hall–Kier alpha value is -2.34. The second-order valence-electron chi connectivity index (χ2n) is 8.18. The van der Waals surface area contributed by atoms with Gasteiger partial charge in [0, 0.05) is 30.1 Å². The van der Waals surface area contributed by atoms with E-state index in [4.69, 9.17) is 9.52 Å². The lowest BCUT2D eigenvalue weighted by Gasteiger charge is -2.25. The van der Waals surface area contributed by atoms with Gasteiger partial charge in [-0.15, -0.1) is 0 Å². The lowest BCUT2D eigenvalue weighted by molar-refractivity contribution is -0.138. The molecule has 4 rings (SSSR count). The topological polar surface area (TPSA) is 74.0 Å². The zero-order valence-corrected chi connectivity index (χ0v) is 16.4. The summed E-state index contributed by atoms with van der Waals surface area (Å²) in [6.45, 7) is 1.46. The molecule has 150 valence electrons. The second kappa shape index (κ2) is 7.95. The molecule has 28 heavy (non-hydrogen) atoms. The van der Waals surface area contributed by atoms with E-state index in [-0.39, 0.29) is 18.5 Å². The number of rotatable bonds is 5. The first-order valence-electron chi connectivity index (χ1n) is 10.2. The molecule has 1 N–H and O–H groups in total. The molecule has 6 nitrogen and oxygen atoms in total. The number of hydrogen-bond acceptors (Lipinski definition) is 4. The van der Waals surface area contributed by atoms with E-state index < -0.39 is 5.97 Å². The molecule has 2 heterocycles. The highest BCUT2D eigenvalue weighted by molar-refractivity contribution is 5.88. The molecule has 1 aliphatic carbocycles. The van der Waals surface area contributed by atoms with E-state index in [2.05, 4.69) is 12.1 Å². The van der Waals surface area contributed by atoms with Crippen molar-refractivity contribution in [1.82, 2.24) is 9.80 Å². The van der Waals surface area contributed by atoms with Crippen LogP contribution < -0.4 is 0 Å². The van der Waals surface area contributed by atoms with Gasteiger partial charge < -0.3 is 14.4 Å². The molecule has 1 atom stereocenters. The predicted octanol–water partition coefficient (Wildman–Crippen LogP) is 2.86. The van der Waals surface area contributed by atoms with Gasteiger partial charge in [0.1, 0.15) is 5.58 Å². The van der Waals surface area contributed by atoms with Gasteiger partial charge in [0.05, 0.1) is 19.2 Å². The minimum absolute atomic E-state index is 0.0456. The highest BCUT2D eigenvalue weighted by Crippen LogP contribution is 2.31. The first-order valence-corrected chi connectivity index (χ1v) is 10.2. The minimum Gasteiger partial charge on any atom is -0.480 e. The van der Waals surface area contributed by atoms with Crippen LogP contribution >= 0.6 is 0 Å². The van der Waals surface area contributed by atoms with E-state index in [1.54, 1.807) is 6.26 Å². The molecule has 0 saturated carbocycles. The van der Waals surface area contributed by atoms with Crippen molar-refractivity contribution >= 4 is 22.8 Å². The number of hydrogen-bond donors (Lipinski definition) is 1. The van der Waals surface area contributed by atoms with Gasteiger partial charge >= 0.3 is 5.97 Å². The Kier molecular flexibility index (Phi) is 5.40. The molecule has 1 aromatic heterocycles. The summed E-state index contributed by atoms with van der Waals surface area (Å²) in [6, 6.07) is 4.56. The van der Waals surface area contributed by atoms with E-state index in [0.717, 1.165) is 55.2 Å². The lowest BCUT2D eigenvalue weighted by Crippen LogP contribution is -2.37. The third kappa shape index (κ3) is 3.92. The van der Waals surface area contributed by atoms with Crippen LogP contribution in [0.1, 0.15) is 42.4 Å². The normalized spacial score (nSPS) is 19.8. The van der Waals surface area contributed by atoms with Crippen molar-refractivity contribution in [3.63, 3.8) is 0 Å². The number of carboxylic acid groups (broad SMARTS) is 1. The highest BCUT2D eigenvalue weighted by Gasteiger charge is 2.25. The van der Waals surface area contributed by atoms with Crippen molar-refractivity contribution in [2.24, 2.45) is 0 Å². The van der Waals surface area contributed by atoms with Crippen LogP contribution in [0.2, 0.25) is 0 Å². The van der Waals surface area contributed by atoms with E-state index in [9.17, 15) is 9.59 Å². The van der Waals surface area contributed by atoms with Crippen molar-refractivity contribution in [2.75, 3.05) is 26.7 Å². The number of aliphatic carboxylic acids is 1. The molecule has 0 bridgehead atoms. The van der Waals surface area contributed by atoms with E-state index in [0.29, 0.717) is 13.0 Å². The first-order chi connectivity index (χ1) is 13.5. The SMILES string of the molecule is CN(CC(=O)O)C1CCCN(C(=O)Cc2coc3cc4c(cc23)CCC4)CC1. The molecule has 1 aliphatic heterocycles. The van der Waals surface area contributed by atoms with Crippen molar-refractivity contribution in [1.29, 1.82) is 0 Å². The Labute approximate surface area is 165 Å². The van der Waals surface area contributed by atoms with Crippen LogP contribution in [-0.2, 0) is 28.9 Å². The molecule has 6 heteroatoms. The maximum absolute atomic E-state index is 12.9. The summed E-state index contributed by atoms with van der Waals surface area (Å²) < 4.78 is 5.74. The van der Waals surface area contributed by atoms with E-state index in [1.165, 1.54) is 17.5 Å². The van der Waals surface area contributed by atoms with Crippen LogP contribution in [0, 0.1) is 0 Å². The van der Waals surface area contributed by atoms with E-state index >= 15 is 0 Å². The van der Waals surface area contributed by atoms with Gasteiger partial charge in [-0.25, -0.2) is 0 Å². The number of likely N-dealkylation sites (tertiary alicyclic amines) is 1. The number of amides is 1. The Balaban J connectivity index is 1.41. The number of furan rings is 1. The van der Waals surface area contributed by atoms with Crippen LogP contribution in [0.5, 0.6) is 0 Å². The highest BCUT2D eigenvalue weighted by atomic mass is 16.4. The summed E-state index contributed by atoms with van der Waals surface area (Å²) in [6.07, 6.45) is 8.16. The number of carbonyl (C=O) groups excluding carboxylic acids is 1. The van der Waals surface area contributed by atoms with Crippen LogP contribution in [-0.4, -0.2) is 59.5 Å². The van der Waals surface area contributed by atoms with Crippen LogP contribution in [0.15, 0.2) is 22.8 Å². The molecule has 0 spiro atoms. The zero-order chi connectivity index (χ0) is 19.7. The molecule has 1 amide bonds. The Morgan fingerprint density at radius 2 is 1.96 bits per heavy atom. The molecule has 2 aliphatic rings. The fraction of sp³-hybridized carbons (Fsp3) is 0.545. The number of aryl methyl sites for hydroxylation is 2. The third-order valence-corrected chi connectivity index (χ3v) is 6.27. The molecule has 1 saturated heterocycles. The largest absolute Gasteiger partial charge is 0.480 e. The Morgan fingerprint density at radius 3 is 2.75 bits per heavy atom. The average molecular weight is 384 g/mol. The van der Waals surface area contributed by atoms with Crippen LogP contribution in [0.3, 0.4) is 0 Å². The van der Waals surface area contributed by atoms with Gasteiger partial charge in [-0.2, -0.15) is 0 Å². The van der Waals surface area contributed by atoms with Gasteiger partial charge in [0.25, 0.3) is 0 Å². The van der Waals surface area contributed by atoms with Crippen molar-refractivity contribution in [2.45, 2.75) is 51.0 Å². The smallest absolute Gasteiger partial charge is 0.317 e. The van der Waals surface area contributed by atoms with Gasteiger partial charge in [-0.1, -0.05) is 0 Å². The Bertz CT molecular complexity index is 888. The fourth-order valence-electron chi connectivity index (χ4n) is 4.67. The molecule has 1 fully saturated rings. The van der Waals surface area contributed by atoms with Gasteiger partial charge in [-0.05, 0) is 68.8 Å². The molecule has 1 unspecified atom stereocenters. The lowest BCUT2D eigenvalue weighted by atomic mass is 10.0. The molecule has 0 radical (unpaired) electrons. The third-order valence-electron chi connectivity index (χ3n) is 6.27. The van der Waals surface area contributed by atoms with Crippen molar-refractivity contribution in [3.05, 3.63) is 35.1 Å². The number of fused-ring (bicyclic) bond motifs is 2. The van der Waals surface area contributed by atoms with Gasteiger partial charge in [-0.3, -0.25) is 14.5 Å². The average Bonchev–Trinajstić information content (AvgIpc) is 3.17. The van der Waals surface area contributed by atoms with Gasteiger partial charge in [0.15, 0.2) is 0 Å². The number of benzene rings is 1. The van der Waals surface area contributed by atoms with E-state index in [1.807, 2.05) is 16.8 Å². The van der Waals surface area contributed by atoms with Gasteiger partial charge in [0.2, 0.25) is 5.91 Å². The maximum Gasteiger partial charge on any atom is 0.317 e. The van der Waals surface area contributed by atoms with Crippen molar-refractivity contribution < 1.29 is 19.1 Å². The molecule has 1 aromatic carbocycles. The minimum atomic E-state index is -0.807. The fourth-order valence-corrected chi connectivity index (χ4v) is 4.67. The second-order valence-corrected chi connectivity index (χ2v) is 8.18. The number of likely N-dealkylation sites (N-methyl/N-ethyl adjacent to an activating group) is 1. The number of carboxylic acids is 1. The molecular weight excluding hydrogens is 356 g/mol. The molecular formula is C22H28N2O4. The standard InChI is InChI=1S/C22H28N2O4/c1-23(13-22(26)27)18-6-3-8-24(9-7-18)21(25)12-17-14-28-20-11-16-5-2-4-15(16)10-19(17)20/h10-11,14,18H,2-9,12-13H2,1H3,(H,26,27). The van der Waals surface area contributed by atoms with Crippen LogP contribution in [0.25, 0.3) is 11.0 Å². The maximum atomic E-state index is 12.9. The predicted molar refractivity (Wildman–Crippen MR) is 106 cm³/mol. The van der Waals surface area contributed by atoms with Crippen molar-refractivity contribution in [3.8, 4) is 0 Å². The summed E-state index contributed by atoms with van der Waals surface area (Å²) in [5.41, 5.74) is 4.62.